The average molecular weight is 215 g/mol. The van der Waals surface area contributed by atoms with Crippen molar-refractivity contribution in [3.63, 3.8) is 0 Å². The van der Waals surface area contributed by atoms with Crippen molar-refractivity contribution in [3.8, 4) is 6.07 Å². The van der Waals surface area contributed by atoms with Crippen LogP contribution in [0.1, 0.15) is 18.1 Å². The van der Waals surface area contributed by atoms with Crippen LogP contribution < -0.4 is 5.32 Å². The van der Waals surface area contributed by atoms with E-state index in [4.69, 9.17) is 5.26 Å². The molecule has 3 nitrogen and oxygen atoms in total. The van der Waals surface area contributed by atoms with Gasteiger partial charge in [-0.3, -0.25) is 4.90 Å². The summed E-state index contributed by atoms with van der Waals surface area (Å²) in [5.74, 6) is 0. The topological polar surface area (TPSA) is 39.1 Å². The van der Waals surface area contributed by atoms with Crippen molar-refractivity contribution in [1.82, 2.24) is 10.2 Å². The van der Waals surface area contributed by atoms with Crippen LogP contribution in [0.5, 0.6) is 0 Å². The summed E-state index contributed by atoms with van der Waals surface area (Å²) in [4.78, 5) is 2.31. The van der Waals surface area contributed by atoms with E-state index in [0.29, 0.717) is 0 Å². The van der Waals surface area contributed by atoms with Gasteiger partial charge in [0.05, 0.1) is 6.07 Å². The highest BCUT2D eigenvalue weighted by atomic mass is 15.2. The molecule has 0 fully saturated rings. The van der Waals surface area contributed by atoms with E-state index in [0.717, 1.165) is 19.6 Å². The first-order valence-corrected chi connectivity index (χ1v) is 5.56. The zero-order valence-corrected chi connectivity index (χ0v) is 9.83. The van der Waals surface area contributed by atoms with Gasteiger partial charge in [-0.15, -0.1) is 0 Å². The summed E-state index contributed by atoms with van der Waals surface area (Å²) in [5.41, 5.74) is 2.32. The third-order valence-electron chi connectivity index (χ3n) is 3.24. The zero-order chi connectivity index (χ0) is 11.6. The second-order valence-corrected chi connectivity index (χ2v) is 4.61. The van der Waals surface area contributed by atoms with Crippen LogP contribution >= 0.6 is 0 Å². The third kappa shape index (κ3) is 2.08. The number of hydrogen-bond donors (Lipinski definition) is 1. The lowest BCUT2D eigenvalue weighted by atomic mass is 10.1. The summed E-state index contributed by atoms with van der Waals surface area (Å²) in [5, 5.41) is 12.2. The Bertz CT molecular complexity index is 396. The predicted molar refractivity (Wildman–Crippen MR) is 63.6 cm³/mol. The third-order valence-corrected chi connectivity index (χ3v) is 3.24. The Kier molecular flexibility index (Phi) is 2.95. The van der Waals surface area contributed by atoms with Crippen LogP contribution in [-0.2, 0) is 13.1 Å². The van der Waals surface area contributed by atoms with E-state index in [2.05, 4.69) is 40.6 Å². The minimum atomic E-state index is -0.456. The molecule has 16 heavy (non-hydrogen) atoms. The van der Waals surface area contributed by atoms with Crippen molar-refractivity contribution >= 4 is 0 Å². The molecule has 0 aromatic heterocycles. The van der Waals surface area contributed by atoms with Crippen LogP contribution in [0.4, 0.5) is 0 Å². The van der Waals surface area contributed by atoms with Crippen molar-refractivity contribution in [2.24, 2.45) is 0 Å². The maximum Gasteiger partial charge on any atom is 0.116 e. The number of nitrogens with zero attached hydrogens (tertiary/aromatic N) is 2. The minimum Gasteiger partial charge on any atom is -0.302 e. The molecule has 1 heterocycles. The summed E-state index contributed by atoms with van der Waals surface area (Å²) < 4.78 is 0. The monoisotopic (exact) mass is 215 g/mol. The van der Waals surface area contributed by atoms with Gasteiger partial charge >= 0.3 is 0 Å². The molecule has 0 saturated heterocycles. The molecule has 1 unspecified atom stereocenters. The molecule has 0 spiro atoms. The minimum absolute atomic E-state index is 0.456. The summed E-state index contributed by atoms with van der Waals surface area (Å²) in [7, 11) is 1.84. The van der Waals surface area contributed by atoms with Gasteiger partial charge in [0, 0.05) is 19.6 Å². The number of fused-ring (bicyclic) bond motifs is 1. The Morgan fingerprint density at radius 1 is 1.38 bits per heavy atom. The van der Waals surface area contributed by atoms with Crippen molar-refractivity contribution in [2.75, 3.05) is 13.6 Å². The molecular formula is C13H17N3. The highest BCUT2D eigenvalue weighted by Gasteiger charge is 2.28. The van der Waals surface area contributed by atoms with Gasteiger partial charge in [-0.05, 0) is 25.1 Å². The lowest BCUT2D eigenvalue weighted by molar-refractivity contribution is 0.230. The number of nitriles is 1. The first-order chi connectivity index (χ1) is 7.67. The van der Waals surface area contributed by atoms with Crippen molar-refractivity contribution in [2.45, 2.75) is 25.6 Å². The van der Waals surface area contributed by atoms with Crippen LogP contribution in [-0.4, -0.2) is 24.0 Å². The highest BCUT2D eigenvalue weighted by molar-refractivity contribution is 5.30. The predicted octanol–water partition coefficient (Wildman–Crippen LogP) is 1.50. The van der Waals surface area contributed by atoms with Crippen molar-refractivity contribution in [3.05, 3.63) is 35.4 Å². The smallest absolute Gasteiger partial charge is 0.116 e. The van der Waals surface area contributed by atoms with Gasteiger partial charge in [0.1, 0.15) is 5.54 Å². The fraction of sp³-hybridized carbons (Fsp3) is 0.462. The van der Waals surface area contributed by atoms with E-state index in [-0.39, 0.29) is 0 Å². The van der Waals surface area contributed by atoms with E-state index in [1.807, 2.05) is 14.0 Å². The van der Waals surface area contributed by atoms with Crippen LogP contribution in [0, 0.1) is 11.3 Å². The first-order valence-electron chi connectivity index (χ1n) is 5.56. The molecule has 0 aliphatic carbocycles. The molecule has 1 aromatic rings. The second-order valence-electron chi connectivity index (χ2n) is 4.61. The lowest BCUT2D eigenvalue weighted by Gasteiger charge is -2.26. The molecule has 1 N–H and O–H groups in total. The molecular weight excluding hydrogens is 198 g/mol. The zero-order valence-electron chi connectivity index (χ0n) is 9.83. The molecule has 0 bridgehead atoms. The Morgan fingerprint density at radius 2 is 1.94 bits per heavy atom. The van der Waals surface area contributed by atoms with E-state index < -0.39 is 5.54 Å². The van der Waals surface area contributed by atoms with Crippen LogP contribution in [0.2, 0.25) is 0 Å². The molecule has 1 atom stereocenters. The molecule has 84 valence electrons. The largest absolute Gasteiger partial charge is 0.302 e. The van der Waals surface area contributed by atoms with E-state index >= 15 is 0 Å². The SMILES string of the molecule is CNC(C)(C#N)CN1Cc2ccccc2C1. The van der Waals surface area contributed by atoms with Gasteiger partial charge in [-0.25, -0.2) is 0 Å². The van der Waals surface area contributed by atoms with Crippen LogP contribution in [0.15, 0.2) is 24.3 Å². The van der Waals surface area contributed by atoms with Gasteiger partial charge in [0.25, 0.3) is 0 Å². The van der Waals surface area contributed by atoms with Gasteiger partial charge in [0.2, 0.25) is 0 Å². The quantitative estimate of drug-likeness (QED) is 0.830. The van der Waals surface area contributed by atoms with E-state index in [1.165, 1.54) is 11.1 Å². The van der Waals surface area contributed by atoms with Gasteiger partial charge < -0.3 is 5.32 Å². The van der Waals surface area contributed by atoms with Gasteiger partial charge in [-0.2, -0.15) is 5.26 Å². The maximum absolute atomic E-state index is 9.12. The Labute approximate surface area is 96.7 Å². The molecule has 2 rings (SSSR count). The molecule has 1 aliphatic rings. The van der Waals surface area contributed by atoms with E-state index in [1.54, 1.807) is 0 Å². The average Bonchev–Trinajstić information content (AvgIpc) is 2.70. The number of benzene rings is 1. The van der Waals surface area contributed by atoms with Gasteiger partial charge in [-0.1, -0.05) is 24.3 Å². The molecule has 0 radical (unpaired) electrons. The van der Waals surface area contributed by atoms with Crippen molar-refractivity contribution in [1.29, 1.82) is 5.26 Å². The standard InChI is InChI=1S/C13H17N3/c1-13(9-14,15-2)10-16-7-11-5-3-4-6-12(11)8-16/h3-6,15H,7-8,10H2,1-2H3. The first kappa shape index (κ1) is 11.1. The summed E-state index contributed by atoms with van der Waals surface area (Å²) in [6.07, 6.45) is 0. The summed E-state index contributed by atoms with van der Waals surface area (Å²) >= 11 is 0. The molecule has 0 amide bonds. The molecule has 0 saturated carbocycles. The van der Waals surface area contributed by atoms with E-state index in [9.17, 15) is 0 Å². The summed E-state index contributed by atoms with van der Waals surface area (Å²) in [6.45, 7) is 4.61. The normalized spacial score (nSPS) is 18.8. The lowest BCUT2D eigenvalue weighted by Crippen LogP contribution is -2.47. The number of hydrogen-bond acceptors (Lipinski definition) is 3. The fourth-order valence-electron chi connectivity index (χ4n) is 2.13. The second kappa shape index (κ2) is 4.25. The van der Waals surface area contributed by atoms with Crippen LogP contribution in [0.3, 0.4) is 0 Å². The highest BCUT2D eigenvalue weighted by Crippen LogP contribution is 2.23. The van der Waals surface area contributed by atoms with Crippen LogP contribution in [0.25, 0.3) is 0 Å². The number of likely N-dealkylation sites (N-methyl/N-ethyl adjacent to an activating group) is 1. The number of nitrogens with one attached hydrogen (secondary N) is 1. The van der Waals surface area contributed by atoms with Crippen molar-refractivity contribution < 1.29 is 0 Å². The Balaban J connectivity index is 2.05. The van der Waals surface area contributed by atoms with Gasteiger partial charge in [0.15, 0.2) is 0 Å². The maximum atomic E-state index is 9.12. The summed E-state index contributed by atoms with van der Waals surface area (Å²) in [6, 6.07) is 10.8. The number of rotatable bonds is 3. The molecule has 1 aromatic carbocycles. The molecule has 1 aliphatic heterocycles. The Morgan fingerprint density at radius 3 is 2.38 bits per heavy atom. The Hall–Kier alpha value is -1.37. The fourth-order valence-corrected chi connectivity index (χ4v) is 2.13. The molecule has 3 heteroatoms.